The summed E-state index contributed by atoms with van der Waals surface area (Å²) in [6.45, 7) is 0. The molecule has 4 rings (SSSR count). The van der Waals surface area contributed by atoms with E-state index in [0.29, 0.717) is 16.9 Å². The van der Waals surface area contributed by atoms with Crippen molar-refractivity contribution in [2.75, 3.05) is 7.11 Å². The molecule has 0 saturated heterocycles. The van der Waals surface area contributed by atoms with E-state index in [1.807, 2.05) is 6.07 Å². The lowest BCUT2D eigenvalue weighted by Crippen LogP contribution is -2.45. The fraction of sp³-hybridized carbons (Fsp3) is 0.120. The standard InChI is InChI=1S/C25H20BrN3O4S/c1-33-19-11-13-20(14-12-19)34(31,32)29-23(24(30)17-7-9-18(26)10-8-17)22(21(15-27)25(29)28)16-5-3-2-4-6-16/h2-14,22-23H,28H2,1H3/t22-,23+/m1/s1. The van der Waals surface area contributed by atoms with Crippen molar-refractivity contribution in [3.8, 4) is 11.8 Å². The summed E-state index contributed by atoms with van der Waals surface area (Å²) in [5.74, 6) is -1.11. The SMILES string of the molecule is COc1ccc(S(=O)(=O)N2C(N)=C(C#N)[C@@H](c3ccccc3)[C@H]2C(=O)c2ccc(Br)cc2)cc1. The van der Waals surface area contributed by atoms with Gasteiger partial charge in [0.05, 0.1) is 29.6 Å². The highest BCUT2D eigenvalue weighted by Gasteiger charge is 2.50. The zero-order valence-electron chi connectivity index (χ0n) is 18.1. The number of ether oxygens (including phenoxy) is 1. The second-order valence-corrected chi connectivity index (χ2v) is 10.3. The molecule has 2 N–H and O–H groups in total. The Labute approximate surface area is 206 Å². The summed E-state index contributed by atoms with van der Waals surface area (Å²) in [6.07, 6.45) is 0. The van der Waals surface area contributed by atoms with Gasteiger partial charge in [0, 0.05) is 10.0 Å². The van der Waals surface area contributed by atoms with Gasteiger partial charge in [0.25, 0.3) is 10.0 Å². The smallest absolute Gasteiger partial charge is 0.266 e. The topological polar surface area (TPSA) is 113 Å². The number of carbonyl (C=O) groups excluding carboxylic acids is 1. The monoisotopic (exact) mass is 537 g/mol. The molecule has 0 aromatic heterocycles. The summed E-state index contributed by atoms with van der Waals surface area (Å²) in [5.41, 5.74) is 7.24. The van der Waals surface area contributed by atoms with Crippen LogP contribution < -0.4 is 10.5 Å². The maximum absolute atomic E-state index is 13.8. The van der Waals surface area contributed by atoms with E-state index in [2.05, 4.69) is 15.9 Å². The van der Waals surface area contributed by atoms with Gasteiger partial charge in [-0.3, -0.25) is 4.79 Å². The number of Topliss-reactive ketones (excluding diaryl/α,β-unsaturated/α-hetero) is 1. The number of nitrogens with zero attached hydrogens (tertiary/aromatic N) is 2. The normalized spacial score (nSPS) is 18.0. The van der Waals surface area contributed by atoms with E-state index in [9.17, 15) is 18.5 Å². The Morgan fingerprint density at radius 1 is 1.03 bits per heavy atom. The van der Waals surface area contributed by atoms with Crippen molar-refractivity contribution >= 4 is 31.7 Å². The molecule has 172 valence electrons. The quantitative estimate of drug-likeness (QED) is 0.471. The molecule has 2 atom stereocenters. The first kappa shape index (κ1) is 23.5. The summed E-state index contributed by atoms with van der Waals surface area (Å²) < 4.78 is 34.3. The summed E-state index contributed by atoms with van der Waals surface area (Å²) in [7, 11) is -2.82. The predicted octanol–water partition coefficient (Wildman–Crippen LogP) is 4.19. The number of rotatable bonds is 6. The van der Waals surface area contributed by atoms with Crippen LogP contribution in [0.3, 0.4) is 0 Å². The van der Waals surface area contributed by atoms with Crippen LogP contribution >= 0.6 is 15.9 Å². The average molecular weight is 538 g/mol. The van der Waals surface area contributed by atoms with Crippen LogP contribution in [0.1, 0.15) is 21.8 Å². The first-order chi connectivity index (χ1) is 16.3. The molecule has 1 heterocycles. The number of benzene rings is 3. The zero-order valence-corrected chi connectivity index (χ0v) is 20.5. The van der Waals surface area contributed by atoms with Gasteiger partial charge >= 0.3 is 0 Å². The van der Waals surface area contributed by atoms with Gasteiger partial charge in [-0.1, -0.05) is 58.4 Å². The number of halogens is 1. The molecule has 7 nitrogen and oxygen atoms in total. The highest BCUT2D eigenvalue weighted by molar-refractivity contribution is 9.10. The van der Waals surface area contributed by atoms with E-state index in [1.165, 1.54) is 31.4 Å². The van der Waals surface area contributed by atoms with Crippen molar-refractivity contribution < 1.29 is 17.9 Å². The maximum atomic E-state index is 13.8. The fourth-order valence-corrected chi connectivity index (χ4v) is 5.89. The molecule has 34 heavy (non-hydrogen) atoms. The van der Waals surface area contributed by atoms with Crippen molar-refractivity contribution in [3.63, 3.8) is 0 Å². The van der Waals surface area contributed by atoms with E-state index in [0.717, 1.165) is 8.78 Å². The van der Waals surface area contributed by atoms with E-state index in [4.69, 9.17) is 10.5 Å². The Bertz CT molecular complexity index is 1400. The van der Waals surface area contributed by atoms with Crippen LogP contribution in [0, 0.1) is 11.3 Å². The molecule has 0 amide bonds. The lowest BCUT2D eigenvalue weighted by Gasteiger charge is -2.29. The Balaban J connectivity index is 1.91. The Kier molecular flexibility index (Phi) is 6.46. The van der Waals surface area contributed by atoms with Gasteiger partial charge < -0.3 is 10.5 Å². The van der Waals surface area contributed by atoms with Gasteiger partial charge in [-0.2, -0.15) is 5.26 Å². The molecule has 0 saturated carbocycles. The highest BCUT2D eigenvalue weighted by Crippen LogP contribution is 2.43. The zero-order chi connectivity index (χ0) is 24.5. The Hall–Kier alpha value is -3.61. The first-order valence-electron chi connectivity index (χ1n) is 10.2. The fourth-order valence-electron chi connectivity index (χ4n) is 4.04. The summed E-state index contributed by atoms with van der Waals surface area (Å²) >= 11 is 3.34. The molecule has 0 unspecified atom stereocenters. The molecule has 3 aromatic rings. The van der Waals surface area contributed by atoms with Crippen molar-refractivity contribution in [3.05, 3.63) is 106 Å². The second kappa shape index (κ2) is 9.33. The van der Waals surface area contributed by atoms with Gasteiger partial charge in [0.1, 0.15) is 17.6 Å². The number of hydrogen-bond donors (Lipinski definition) is 1. The Morgan fingerprint density at radius 3 is 2.21 bits per heavy atom. The van der Waals surface area contributed by atoms with Crippen LogP contribution in [0.4, 0.5) is 0 Å². The van der Waals surface area contributed by atoms with Crippen molar-refractivity contribution in [2.45, 2.75) is 16.9 Å². The third-order valence-electron chi connectivity index (χ3n) is 5.69. The van der Waals surface area contributed by atoms with Gasteiger partial charge in [0.15, 0.2) is 5.78 Å². The molecular weight excluding hydrogens is 518 g/mol. The lowest BCUT2D eigenvalue weighted by atomic mass is 9.84. The number of sulfonamides is 1. The van der Waals surface area contributed by atoms with Crippen LogP contribution in [0.25, 0.3) is 0 Å². The first-order valence-corrected chi connectivity index (χ1v) is 12.5. The van der Waals surface area contributed by atoms with Gasteiger partial charge in [-0.15, -0.1) is 0 Å². The second-order valence-electron chi connectivity index (χ2n) is 7.59. The average Bonchev–Trinajstić information content (AvgIpc) is 3.17. The number of hydrogen-bond acceptors (Lipinski definition) is 6. The van der Waals surface area contributed by atoms with E-state index < -0.39 is 27.8 Å². The molecule has 1 aliphatic heterocycles. The van der Waals surface area contributed by atoms with E-state index in [1.54, 1.807) is 54.6 Å². The number of carbonyl (C=O) groups is 1. The highest BCUT2D eigenvalue weighted by atomic mass is 79.9. The number of nitriles is 1. The van der Waals surface area contributed by atoms with Crippen molar-refractivity contribution in [1.82, 2.24) is 4.31 Å². The molecule has 0 bridgehead atoms. The molecule has 0 radical (unpaired) electrons. The van der Waals surface area contributed by atoms with Crippen LogP contribution in [0.5, 0.6) is 5.75 Å². The minimum absolute atomic E-state index is 0.0266. The van der Waals surface area contributed by atoms with Gasteiger partial charge in [0.2, 0.25) is 0 Å². The molecule has 0 aliphatic carbocycles. The largest absolute Gasteiger partial charge is 0.497 e. The molecule has 3 aromatic carbocycles. The number of methoxy groups -OCH3 is 1. The van der Waals surface area contributed by atoms with Crippen LogP contribution in [-0.2, 0) is 10.0 Å². The predicted molar refractivity (Wildman–Crippen MR) is 130 cm³/mol. The third kappa shape index (κ3) is 4.06. The number of ketones is 1. The summed E-state index contributed by atoms with van der Waals surface area (Å²) in [6, 6.07) is 22.0. The minimum Gasteiger partial charge on any atom is -0.497 e. The van der Waals surface area contributed by atoms with Crippen LogP contribution in [-0.4, -0.2) is 31.7 Å². The number of nitrogens with two attached hydrogens (primary N) is 1. The van der Waals surface area contributed by atoms with Crippen LogP contribution in [0.2, 0.25) is 0 Å². The Morgan fingerprint density at radius 2 is 1.65 bits per heavy atom. The lowest BCUT2D eigenvalue weighted by molar-refractivity contribution is 0.0910. The minimum atomic E-state index is -4.29. The molecule has 0 spiro atoms. The van der Waals surface area contributed by atoms with Gasteiger partial charge in [-0.05, 0) is 42.0 Å². The third-order valence-corrected chi connectivity index (χ3v) is 8.02. The molecule has 9 heteroatoms. The molecular formula is C25H20BrN3O4S. The van der Waals surface area contributed by atoms with E-state index >= 15 is 0 Å². The van der Waals surface area contributed by atoms with Crippen LogP contribution in [0.15, 0.2) is 99.6 Å². The summed E-state index contributed by atoms with van der Waals surface area (Å²) in [4.78, 5) is 13.7. The maximum Gasteiger partial charge on any atom is 0.266 e. The van der Waals surface area contributed by atoms with E-state index in [-0.39, 0.29) is 16.3 Å². The van der Waals surface area contributed by atoms with Crippen molar-refractivity contribution in [2.24, 2.45) is 5.73 Å². The summed E-state index contributed by atoms with van der Waals surface area (Å²) in [5, 5.41) is 9.95. The molecule has 0 fully saturated rings. The molecule has 1 aliphatic rings. The van der Waals surface area contributed by atoms with Crippen molar-refractivity contribution in [1.29, 1.82) is 5.26 Å². The van der Waals surface area contributed by atoms with Gasteiger partial charge in [-0.25, -0.2) is 12.7 Å².